The van der Waals surface area contributed by atoms with Gasteiger partial charge in [0.05, 0.1) is 24.4 Å². The number of anilines is 2. The number of carbonyl (C=O) groups is 2. The lowest BCUT2D eigenvalue weighted by Gasteiger charge is -2.19. The highest BCUT2D eigenvalue weighted by Gasteiger charge is 2.40. The van der Waals surface area contributed by atoms with Crippen LogP contribution in [0.25, 0.3) is 0 Å². The molecule has 1 N–H and O–H groups in total. The minimum absolute atomic E-state index is 0.132. The molecule has 3 rings (SSSR count). The van der Waals surface area contributed by atoms with E-state index in [9.17, 15) is 9.59 Å². The molecular weight excluding hydrogens is 316 g/mol. The Labute approximate surface area is 147 Å². The molecule has 130 valence electrons. The third-order valence-electron chi connectivity index (χ3n) is 4.48. The average molecular weight is 338 g/mol. The maximum atomic E-state index is 12.9. The predicted molar refractivity (Wildman–Crippen MR) is 98.0 cm³/mol. The molecule has 2 aromatic carbocycles. The summed E-state index contributed by atoms with van der Waals surface area (Å²) < 4.78 is 5.58. The Kier molecular flexibility index (Phi) is 4.74. The van der Waals surface area contributed by atoms with Crippen molar-refractivity contribution in [3.05, 3.63) is 53.6 Å². The summed E-state index contributed by atoms with van der Waals surface area (Å²) in [5, 5.41) is 3.17. The minimum atomic E-state index is -0.589. The molecule has 1 saturated heterocycles. The molecule has 0 bridgehead atoms. The first kappa shape index (κ1) is 17.0. The Morgan fingerprint density at radius 1 is 1.12 bits per heavy atom. The van der Waals surface area contributed by atoms with E-state index in [4.69, 9.17) is 4.74 Å². The van der Waals surface area contributed by atoms with Crippen molar-refractivity contribution in [2.75, 3.05) is 16.8 Å². The number of para-hydroxylation sites is 2. The van der Waals surface area contributed by atoms with Crippen LogP contribution in [-0.4, -0.2) is 24.5 Å². The van der Waals surface area contributed by atoms with Crippen LogP contribution in [0.1, 0.15) is 24.5 Å². The van der Waals surface area contributed by atoms with Crippen LogP contribution < -0.4 is 15.0 Å². The summed E-state index contributed by atoms with van der Waals surface area (Å²) in [7, 11) is 0. The fraction of sp³-hybridized carbons (Fsp3) is 0.300. The maximum Gasteiger partial charge on any atom is 0.256 e. The van der Waals surface area contributed by atoms with Gasteiger partial charge in [0.2, 0.25) is 5.91 Å². The van der Waals surface area contributed by atoms with Gasteiger partial charge in [-0.15, -0.1) is 0 Å². The zero-order valence-corrected chi connectivity index (χ0v) is 14.7. The topological polar surface area (TPSA) is 58.6 Å². The lowest BCUT2D eigenvalue weighted by atomic mass is 10.1. The van der Waals surface area contributed by atoms with Crippen molar-refractivity contribution in [1.82, 2.24) is 0 Å². The molecule has 0 aromatic heterocycles. The molecule has 0 saturated carbocycles. The quantitative estimate of drug-likeness (QED) is 0.849. The molecular formula is C20H22N2O3. The van der Waals surface area contributed by atoms with Crippen molar-refractivity contribution < 1.29 is 14.3 Å². The highest BCUT2D eigenvalue weighted by molar-refractivity contribution is 6.23. The summed E-state index contributed by atoms with van der Waals surface area (Å²) in [5.74, 6) is 0.255. The largest absolute Gasteiger partial charge is 0.492 e. The fourth-order valence-corrected chi connectivity index (χ4v) is 3.03. The van der Waals surface area contributed by atoms with Gasteiger partial charge in [-0.1, -0.05) is 24.3 Å². The van der Waals surface area contributed by atoms with Crippen molar-refractivity contribution in [1.29, 1.82) is 0 Å². The number of rotatable bonds is 5. The minimum Gasteiger partial charge on any atom is -0.492 e. The van der Waals surface area contributed by atoms with Crippen LogP contribution >= 0.6 is 0 Å². The first-order valence-electron chi connectivity index (χ1n) is 8.44. The summed E-state index contributed by atoms with van der Waals surface area (Å²) in [5.41, 5.74) is 3.38. The van der Waals surface area contributed by atoms with Crippen molar-refractivity contribution in [2.45, 2.75) is 33.2 Å². The summed E-state index contributed by atoms with van der Waals surface area (Å²) in [6.45, 7) is 6.34. The van der Waals surface area contributed by atoms with Gasteiger partial charge >= 0.3 is 0 Å². The van der Waals surface area contributed by atoms with Crippen LogP contribution in [0.15, 0.2) is 42.5 Å². The number of imide groups is 1. The molecule has 5 heteroatoms. The molecule has 1 aliphatic heterocycles. The third-order valence-corrected chi connectivity index (χ3v) is 4.48. The Balaban J connectivity index is 1.86. The highest BCUT2D eigenvalue weighted by atomic mass is 16.5. The van der Waals surface area contributed by atoms with Crippen LogP contribution in [0.3, 0.4) is 0 Å². The van der Waals surface area contributed by atoms with E-state index in [0.29, 0.717) is 18.0 Å². The van der Waals surface area contributed by atoms with Gasteiger partial charge in [-0.2, -0.15) is 0 Å². The number of carbonyl (C=O) groups excluding carboxylic acids is 2. The second-order valence-corrected chi connectivity index (χ2v) is 6.12. The normalized spacial score (nSPS) is 17.1. The first-order chi connectivity index (χ1) is 12.0. The predicted octanol–water partition coefficient (Wildman–Crippen LogP) is 3.45. The van der Waals surface area contributed by atoms with E-state index in [-0.39, 0.29) is 18.2 Å². The monoisotopic (exact) mass is 338 g/mol. The number of nitrogens with zero attached hydrogens (tertiary/aromatic N) is 1. The maximum absolute atomic E-state index is 12.9. The first-order valence-corrected chi connectivity index (χ1v) is 8.44. The Bertz CT molecular complexity index is 816. The van der Waals surface area contributed by atoms with Crippen molar-refractivity contribution in [2.24, 2.45) is 0 Å². The van der Waals surface area contributed by atoms with Gasteiger partial charge in [0.25, 0.3) is 5.91 Å². The third kappa shape index (κ3) is 3.22. The molecule has 1 heterocycles. The summed E-state index contributed by atoms with van der Waals surface area (Å²) in [6, 6.07) is 12.5. The summed E-state index contributed by atoms with van der Waals surface area (Å²) >= 11 is 0. The van der Waals surface area contributed by atoms with E-state index in [1.165, 1.54) is 4.90 Å². The average Bonchev–Trinajstić information content (AvgIpc) is 2.86. The van der Waals surface area contributed by atoms with Gasteiger partial charge in [-0.25, -0.2) is 4.90 Å². The van der Waals surface area contributed by atoms with Gasteiger partial charge in [0.15, 0.2) is 0 Å². The van der Waals surface area contributed by atoms with Crippen molar-refractivity contribution >= 4 is 23.2 Å². The van der Waals surface area contributed by atoms with E-state index in [1.54, 1.807) is 0 Å². The molecule has 1 fully saturated rings. The van der Waals surface area contributed by atoms with Gasteiger partial charge in [0.1, 0.15) is 11.8 Å². The lowest BCUT2D eigenvalue weighted by molar-refractivity contribution is -0.121. The molecule has 0 radical (unpaired) electrons. The Morgan fingerprint density at radius 3 is 2.64 bits per heavy atom. The van der Waals surface area contributed by atoms with E-state index in [0.717, 1.165) is 16.8 Å². The van der Waals surface area contributed by atoms with Crippen LogP contribution in [-0.2, 0) is 9.59 Å². The number of aryl methyl sites for hydroxylation is 1. The Morgan fingerprint density at radius 2 is 1.88 bits per heavy atom. The number of benzene rings is 2. The number of ether oxygens (including phenoxy) is 1. The molecule has 0 aliphatic carbocycles. The molecule has 2 amide bonds. The van der Waals surface area contributed by atoms with Crippen LogP contribution in [0.5, 0.6) is 5.75 Å². The number of nitrogens with one attached hydrogen (secondary N) is 1. The second kappa shape index (κ2) is 6.97. The number of amides is 2. The van der Waals surface area contributed by atoms with E-state index in [1.807, 2.05) is 63.2 Å². The summed E-state index contributed by atoms with van der Waals surface area (Å²) in [4.78, 5) is 26.6. The van der Waals surface area contributed by atoms with Gasteiger partial charge in [-0.05, 0) is 50.1 Å². The van der Waals surface area contributed by atoms with Crippen molar-refractivity contribution in [3.8, 4) is 5.75 Å². The van der Waals surface area contributed by atoms with Gasteiger partial charge in [-0.3, -0.25) is 9.59 Å². The van der Waals surface area contributed by atoms with Gasteiger partial charge in [0, 0.05) is 0 Å². The molecule has 1 atom stereocenters. The highest BCUT2D eigenvalue weighted by Crippen LogP contribution is 2.31. The van der Waals surface area contributed by atoms with E-state index < -0.39 is 6.04 Å². The SMILES string of the molecule is CCOc1ccccc1N[C@H]1CC(=O)N(c2cccc(C)c2C)C1=O. The van der Waals surface area contributed by atoms with E-state index in [2.05, 4.69) is 5.32 Å². The molecule has 25 heavy (non-hydrogen) atoms. The summed E-state index contributed by atoms with van der Waals surface area (Å²) in [6.07, 6.45) is 0.132. The van der Waals surface area contributed by atoms with Gasteiger partial charge < -0.3 is 10.1 Å². The molecule has 1 aliphatic rings. The number of hydrogen-bond donors (Lipinski definition) is 1. The standard InChI is InChI=1S/C20H22N2O3/c1-4-25-18-11-6-5-9-15(18)21-16-12-19(23)22(20(16)24)17-10-7-8-13(2)14(17)3/h5-11,16,21H,4,12H2,1-3H3/t16-/m0/s1. The zero-order valence-electron chi connectivity index (χ0n) is 14.7. The number of hydrogen-bond acceptors (Lipinski definition) is 4. The molecule has 0 unspecified atom stereocenters. The molecule has 2 aromatic rings. The van der Waals surface area contributed by atoms with Crippen LogP contribution in [0.4, 0.5) is 11.4 Å². The van der Waals surface area contributed by atoms with Crippen LogP contribution in [0, 0.1) is 13.8 Å². The van der Waals surface area contributed by atoms with Crippen LogP contribution in [0.2, 0.25) is 0 Å². The van der Waals surface area contributed by atoms with Crippen molar-refractivity contribution in [3.63, 3.8) is 0 Å². The zero-order chi connectivity index (χ0) is 18.0. The lowest BCUT2D eigenvalue weighted by Crippen LogP contribution is -2.35. The molecule has 0 spiro atoms. The molecule has 5 nitrogen and oxygen atoms in total. The second-order valence-electron chi connectivity index (χ2n) is 6.12. The van der Waals surface area contributed by atoms with E-state index >= 15 is 0 Å². The smallest absolute Gasteiger partial charge is 0.256 e. The fourth-order valence-electron chi connectivity index (χ4n) is 3.03. The Hall–Kier alpha value is -2.82.